The van der Waals surface area contributed by atoms with Crippen LogP contribution in [0.2, 0.25) is 0 Å². The van der Waals surface area contributed by atoms with Gasteiger partial charge < -0.3 is 5.11 Å². The van der Waals surface area contributed by atoms with Crippen molar-refractivity contribution >= 4 is 12.6 Å². The molecule has 1 aliphatic rings. The van der Waals surface area contributed by atoms with Gasteiger partial charge in [-0.05, 0) is 7.05 Å². The van der Waals surface area contributed by atoms with Gasteiger partial charge >= 0.3 is 0 Å². The third-order valence-corrected chi connectivity index (χ3v) is 1.90. The first-order valence-electron chi connectivity index (χ1n) is 2.70. The Hall–Kier alpha value is 0.190. The van der Waals surface area contributed by atoms with Crippen molar-refractivity contribution in [3.63, 3.8) is 0 Å². The molecule has 1 heterocycles. The number of aliphatic hydroxyl groups is 1. The van der Waals surface area contributed by atoms with Gasteiger partial charge in [-0.1, -0.05) is 0 Å². The van der Waals surface area contributed by atoms with E-state index in [0.717, 1.165) is 0 Å². The molecule has 54 valence electrons. The van der Waals surface area contributed by atoms with Gasteiger partial charge in [0.15, 0.2) is 6.35 Å². The van der Waals surface area contributed by atoms with E-state index in [4.69, 9.17) is 0 Å². The number of rotatable bonds is 0. The minimum Gasteiger partial charge on any atom is -0.364 e. The fourth-order valence-corrected chi connectivity index (χ4v) is 1.04. The van der Waals surface area contributed by atoms with Crippen LogP contribution in [-0.4, -0.2) is 41.0 Å². The standard InChI is InChI=1S/C4H11N3OS/c1-6-3(9)5-7(2)4(6)8/h3-5,8-9H,1-2H3. The van der Waals surface area contributed by atoms with E-state index in [9.17, 15) is 5.11 Å². The summed E-state index contributed by atoms with van der Waals surface area (Å²) in [6.45, 7) is 0. The Labute approximate surface area is 59.8 Å². The Kier molecular flexibility index (Phi) is 1.97. The van der Waals surface area contributed by atoms with Gasteiger partial charge in [0.2, 0.25) is 0 Å². The van der Waals surface area contributed by atoms with Crippen LogP contribution >= 0.6 is 12.6 Å². The molecule has 0 bridgehead atoms. The maximum atomic E-state index is 9.18. The summed E-state index contributed by atoms with van der Waals surface area (Å²) in [7, 11) is 3.55. The fourth-order valence-electron chi connectivity index (χ4n) is 0.739. The van der Waals surface area contributed by atoms with E-state index in [0.29, 0.717) is 0 Å². The summed E-state index contributed by atoms with van der Waals surface area (Å²) in [6, 6.07) is 0. The summed E-state index contributed by atoms with van der Waals surface area (Å²) in [5.74, 6) is 0. The summed E-state index contributed by atoms with van der Waals surface area (Å²) < 4.78 is 0. The SMILES string of the molecule is CN1NC(S)N(C)C1O. The molecule has 2 unspecified atom stereocenters. The highest BCUT2D eigenvalue weighted by atomic mass is 32.1. The highest BCUT2D eigenvalue weighted by molar-refractivity contribution is 7.80. The number of nitrogens with one attached hydrogen (secondary N) is 1. The minimum atomic E-state index is -0.563. The third-order valence-electron chi connectivity index (χ3n) is 1.42. The molecule has 5 heteroatoms. The molecule has 1 aliphatic heterocycles. The Morgan fingerprint density at radius 1 is 1.56 bits per heavy atom. The van der Waals surface area contributed by atoms with Crippen LogP contribution in [0.1, 0.15) is 0 Å². The molecule has 1 rings (SSSR count). The Bertz CT molecular complexity index is 100.0. The van der Waals surface area contributed by atoms with Crippen molar-refractivity contribution in [2.45, 2.75) is 11.8 Å². The average molecular weight is 149 g/mol. The predicted octanol–water partition coefficient (Wildman–Crippen LogP) is -1.14. The lowest BCUT2D eigenvalue weighted by Gasteiger charge is -2.16. The van der Waals surface area contributed by atoms with E-state index in [-0.39, 0.29) is 5.50 Å². The number of hydrogen-bond donors (Lipinski definition) is 3. The zero-order chi connectivity index (χ0) is 7.02. The highest BCUT2D eigenvalue weighted by Gasteiger charge is 2.29. The molecule has 0 aromatic heterocycles. The summed E-state index contributed by atoms with van der Waals surface area (Å²) in [6.07, 6.45) is -0.563. The molecule has 2 atom stereocenters. The van der Waals surface area contributed by atoms with E-state index < -0.39 is 6.35 Å². The molecular weight excluding hydrogens is 138 g/mol. The van der Waals surface area contributed by atoms with Gasteiger partial charge in [0.25, 0.3) is 0 Å². The van der Waals surface area contributed by atoms with Crippen molar-refractivity contribution in [3.8, 4) is 0 Å². The maximum Gasteiger partial charge on any atom is 0.179 e. The molecule has 0 aliphatic carbocycles. The van der Waals surface area contributed by atoms with Gasteiger partial charge in [0.05, 0.1) is 0 Å². The lowest BCUT2D eigenvalue weighted by atomic mass is 10.8. The summed E-state index contributed by atoms with van der Waals surface area (Å²) in [5.41, 5.74) is 2.81. The molecule has 4 nitrogen and oxygen atoms in total. The van der Waals surface area contributed by atoms with E-state index in [2.05, 4.69) is 18.1 Å². The number of nitrogens with zero attached hydrogens (tertiary/aromatic N) is 2. The van der Waals surface area contributed by atoms with Gasteiger partial charge in [-0.3, -0.25) is 0 Å². The van der Waals surface area contributed by atoms with Crippen LogP contribution in [0.5, 0.6) is 0 Å². The Morgan fingerprint density at radius 3 is 2.22 bits per heavy atom. The van der Waals surface area contributed by atoms with Gasteiger partial charge in [-0.2, -0.15) is 0 Å². The quantitative estimate of drug-likeness (QED) is 0.381. The van der Waals surface area contributed by atoms with E-state index in [1.54, 1.807) is 24.0 Å². The molecule has 0 saturated carbocycles. The smallest absolute Gasteiger partial charge is 0.179 e. The van der Waals surface area contributed by atoms with Crippen LogP contribution in [0, 0.1) is 0 Å². The topological polar surface area (TPSA) is 38.7 Å². The normalized spacial score (nSPS) is 40.0. The van der Waals surface area contributed by atoms with Crippen LogP contribution in [0.3, 0.4) is 0 Å². The predicted molar refractivity (Wildman–Crippen MR) is 37.4 cm³/mol. The monoisotopic (exact) mass is 149 g/mol. The van der Waals surface area contributed by atoms with E-state index >= 15 is 0 Å². The molecule has 0 amide bonds. The lowest BCUT2D eigenvalue weighted by Crippen LogP contribution is -2.36. The number of hydrazine groups is 1. The summed E-state index contributed by atoms with van der Waals surface area (Å²) in [5, 5.41) is 10.8. The number of aliphatic hydroxyl groups excluding tert-OH is 1. The lowest BCUT2D eigenvalue weighted by molar-refractivity contribution is -0.0443. The molecule has 1 saturated heterocycles. The van der Waals surface area contributed by atoms with Crippen LogP contribution in [0.25, 0.3) is 0 Å². The van der Waals surface area contributed by atoms with Crippen molar-refractivity contribution in [3.05, 3.63) is 0 Å². The Balaban J connectivity index is 2.54. The van der Waals surface area contributed by atoms with Gasteiger partial charge in [0.1, 0.15) is 5.50 Å². The highest BCUT2D eigenvalue weighted by Crippen LogP contribution is 2.10. The fraction of sp³-hybridized carbons (Fsp3) is 1.00. The van der Waals surface area contributed by atoms with Crippen molar-refractivity contribution in [1.29, 1.82) is 0 Å². The zero-order valence-electron chi connectivity index (χ0n) is 5.44. The first kappa shape index (κ1) is 7.30. The van der Waals surface area contributed by atoms with Crippen molar-refractivity contribution in [2.24, 2.45) is 0 Å². The first-order chi connectivity index (χ1) is 4.13. The maximum absolute atomic E-state index is 9.18. The largest absolute Gasteiger partial charge is 0.364 e. The molecule has 1 fully saturated rings. The van der Waals surface area contributed by atoms with Crippen LogP contribution < -0.4 is 5.43 Å². The molecule has 0 aromatic carbocycles. The Morgan fingerprint density at radius 2 is 2.11 bits per heavy atom. The second-order valence-corrected chi connectivity index (χ2v) is 2.61. The zero-order valence-corrected chi connectivity index (χ0v) is 6.34. The average Bonchev–Trinajstić information content (AvgIpc) is 1.98. The molecule has 0 aromatic rings. The second-order valence-electron chi connectivity index (χ2n) is 2.13. The molecule has 0 radical (unpaired) electrons. The number of hydrogen-bond acceptors (Lipinski definition) is 5. The number of thiol groups is 1. The minimum absolute atomic E-state index is 0.0787. The van der Waals surface area contributed by atoms with Gasteiger partial charge in [0, 0.05) is 7.05 Å². The van der Waals surface area contributed by atoms with Gasteiger partial charge in [-0.25, -0.2) is 15.3 Å². The van der Waals surface area contributed by atoms with Crippen LogP contribution in [0.15, 0.2) is 0 Å². The summed E-state index contributed by atoms with van der Waals surface area (Å²) in [4.78, 5) is 1.70. The van der Waals surface area contributed by atoms with Crippen molar-refractivity contribution in [1.82, 2.24) is 15.3 Å². The molecular formula is C4H11N3OS. The third kappa shape index (κ3) is 1.20. The van der Waals surface area contributed by atoms with E-state index in [1.807, 2.05) is 0 Å². The van der Waals surface area contributed by atoms with E-state index in [1.165, 1.54) is 0 Å². The van der Waals surface area contributed by atoms with Gasteiger partial charge in [-0.15, -0.1) is 12.6 Å². The second kappa shape index (κ2) is 2.43. The van der Waals surface area contributed by atoms with Crippen molar-refractivity contribution in [2.75, 3.05) is 14.1 Å². The molecule has 2 N–H and O–H groups in total. The van der Waals surface area contributed by atoms with Crippen molar-refractivity contribution < 1.29 is 5.11 Å². The van der Waals surface area contributed by atoms with Crippen LogP contribution in [-0.2, 0) is 0 Å². The molecule has 0 spiro atoms. The first-order valence-corrected chi connectivity index (χ1v) is 3.21. The molecule has 9 heavy (non-hydrogen) atoms. The van der Waals surface area contributed by atoms with Crippen LogP contribution in [0.4, 0.5) is 0 Å². The summed E-state index contributed by atoms with van der Waals surface area (Å²) >= 11 is 4.12.